The van der Waals surface area contributed by atoms with Crippen LogP contribution in [0.2, 0.25) is 5.15 Å². The smallest absolute Gasteiger partial charge is 0.435 e. The second-order valence-corrected chi connectivity index (χ2v) is 3.62. The SMILES string of the molecule is CCOC(=O)C=Cc1c(C(F)(F)F)nn(C)c1Cl. The standard InChI is InChI=1S/C10H10ClF3N2O2/c1-3-18-7(17)5-4-6-8(10(12,13)14)15-16(2)9(6)11/h4-5H,3H2,1-2H3. The lowest BCUT2D eigenvalue weighted by Crippen LogP contribution is -2.08. The van der Waals surface area contributed by atoms with Crippen LogP contribution in [-0.4, -0.2) is 22.4 Å². The Labute approximate surface area is 106 Å². The van der Waals surface area contributed by atoms with E-state index in [0.29, 0.717) is 0 Å². The van der Waals surface area contributed by atoms with Crippen LogP contribution in [0.4, 0.5) is 13.2 Å². The summed E-state index contributed by atoms with van der Waals surface area (Å²) in [6.07, 6.45) is -2.82. The van der Waals surface area contributed by atoms with E-state index in [4.69, 9.17) is 11.6 Å². The monoisotopic (exact) mass is 282 g/mol. The van der Waals surface area contributed by atoms with Gasteiger partial charge in [-0.25, -0.2) is 4.79 Å². The minimum Gasteiger partial charge on any atom is -0.463 e. The summed E-state index contributed by atoms with van der Waals surface area (Å²) in [7, 11) is 1.28. The van der Waals surface area contributed by atoms with E-state index in [9.17, 15) is 18.0 Å². The maximum atomic E-state index is 12.6. The fourth-order valence-electron chi connectivity index (χ4n) is 1.22. The highest BCUT2D eigenvalue weighted by Gasteiger charge is 2.37. The zero-order valence-electron chi connectivity index (χ0n) is 9.58. The number of alkyl halides is 3. The topological polar surface area (TPSA) is 44.1 Å². The third kappa shape index (κ3) is 3.25. The van der Waals surface area contributed by atoms with E-state index < -0.39 is 17.8 Å². The van der Waals surface area contributed by atoms with E-state index in [0.717, 1.165) is 16.8 Å². The highest BCUT2D eigenvalue weighted by atomic mass is 35.5. The number of aryl methyl sites for hydroxylation is 1. The number of carbonyl (C=O) groups excluding carboxylic acids is 1. The lowest BCUT2D eigenvalue weighted by Gasteiger charge is -2.02. The van der Waals surface area contributed by atoms with Crippen molar-refractivity contribution in [3.8, 4) is 0 Å². The van der Waals surface area contributed by atoms with Gasteiger partial charge in [-0.2, -0.15) is 18.3 Å². The van der Waals surface area contributed by atoms with Gasteiger partial charge in [0, 0.05) is 18.7 Å². The predicted octanol–water partition coefficient (Wildman–Crippen LogP) is 2.67. The lowest BCUT2D eigenvalue weighted by atomic mass is 10.2. The number of esters is 1. The Morgan fingerprint density at radius 2 is 2.17 bits per heavy atom. The molecule has 0 N–H and O–H groups in total. The first-order chi connectivity index (χ1) is 8.27. The quantitative estimate of drug-likeness (QED) is 0.632. The molecule has 0 aromatic carbocycles. The zero-order chi connectivity index (χ0) is 13.9. The maximum absolute atomic E-state index is 12.6. The summed E-state index contributed by atoms with van der Waals surface area (Å²) in [5.41, 5.74) is -1.50. The van der Waals surface area contributed by atoms with Gasteiger partial charge in [0.05, 0.1) is 6.61 Å². The van der Waals surface area contributed by atoms with Crippen LogP contribution in [0.15, 0.2) is 6.08 Å². The van der Waals surface area contributed by atoms with E-state index in [1.807, 2.05) is 0 Å². The Bertz CT molecular complexity index is 480. The lowest BCUT2D eigenvalue weighted by molar-refractivity contribution is -0.141. The first-order valence-corrected chi connectivity index (χ1v) is 5.29. The first-order valence-electron chi connectivity index (χ1n) is 4.92. The predicted molar refractivity (Wildman–Crippen MR) is 58.9 cm³/mol. The van der Waals surface area contributed by atoms with E-state index in [-0.39, 0.29) is 17.3 Å². The molecule has 0 amide bonds. The van der Waals surface area contributed by atoms with Crippen molar-refractivity contribution in [3.05, 3.63) is 22.5 Å². The molecule has 18 heavy (non-hydrogen) atoms. The van der Waals surface area contributed by atoms with Crippen LogP contribution in [0.5, 0.6) is 0 Å². The number of rotatable bonds is 3. The molecular weight excluding hydrogens is 273 g/mol. The van der Waals surface area contributed by atoms with Gasteiger partial charge in [-0.1, -0.05) is 11.6 Å². The van der Waals surface area contributed by atoms with Crippen LogP contribution < -0.4 is 0 Å². The summed E-state index contributed by atoms with van der Waals surface area (Å²) in [5.74, 6) is -0.745. The van der Waals surface area contributed by atoms with Crippen molar-refractivity contribution in [1.82, 2.24) is 9.78 Å². The number of aromatic nitrogens is 2. The van der Waals surface area contributed by atoms with E-state index in [1.165, 1.54) is 7.05 Å². The van der Waals surface area contributed by atoms with Crippen molar-refractivity contribution in [2.75, 3.05) is 6.61 Å². The third-order valence-corrected chi connectivity index (χ3v) is 2.40. The number of carbonyl (C=O) groups is 1. The average Bonchev–Trinajstić information content (AvgIpc) is 2.53. The normalized spacial score (nSPS) is 12.1. The Kier molecular flexibility index (Phi) is 4.39. The molecule has 1 heterocycles. The Morgan fingerprint density at radius 1 is 1.56 bits per heavy atom. The van der Waals surface area contributed by atoms with Gasteiger partial charge in [-0.15, -0.1) is 0 Å². The molecule has 0 unspecified atom stereocenters. The Hall–Kier alpha value is -1.50. The summed E-state index contributed by atoms with van der Waals surface area (Å²) in [4.78, 5) is 11.0. The molecule has 0 aliphatic carbocycles. The molecule has 0 atom stereocenters. The van der Waals surface area contributed by atoms with Gasteiger partial charge in [0.25, 0.3) is 0 Å². The maximum Gasteiger partial charge on any atom is 0.435 e. The summed E-state index contributed by atoms with van der Waals surface area (Å²) >= 11 is 5.68. The second kappa shape index (κ2) is 5.43. The zero-order valence-corrected chi connectivity index (χ0v) is 10.3. The average molecular weight is 283 g/mol. The molecule has 0 saturated heterocycles. The van der Waals surface area contributed by atoms with Crippen LogP contribution in [0.3, 0.4) is 0 Å². The van der Waals surface area contributed by atoms with Gasteiger partial charge in [-0.3, -0.25) is 4.68 Å². The van der Waals surface area contributed by atoms with Crippen LogP contribution in [0.1, 0.15) is 18.2 Å². The molecule has 1 aromatic rings. The molecule has 0 saturated carbocycles. The van der Waals surface area contributed by atoms with Gasteiger partial charge in [0.15, 0.2) is 5.69 Å². The molecule has 1 rings (SSSR count). The highest BCUT2D eigenvalue weighted by Crippen LogP contribution is 2.34. The Balaban J connectivity index is 3.12. The van der Waals surface area contributed by atoms with Crippen LogP contribution in [0.25, 0.3) is 6.08 Å². The van der Waals surface area contributed by atoms with E-state index in [2.05, 4.69) is 9.84 Å². The number of ether oxygens (including phenoxy) is 1. The van der Waals surface area contributed by atoms with Gasteiger partial charge < -0.3 is 4.74 Å². The van der Waals surface area contributed by atoms with E-state index >= 15 is 0 Å². The Morgan fingerprint density at radius 3 is 2.67 bits per heavy atom. The van der Waals surface area contributed by atoms with Crippen molar-refractivity contribution in [3.63, 3.8) is 0 Å². The molecule has 8 heteroatoms. The van der Waals surface area contributed by atoms with Crippen molar-refractivity contribution < 1.29 is 22.7 Å². The number of hydrogen-bond acceptors (Lipinski definition) is 3. The summed E-state index contributed by atoms with van der Waals surface area (Å²) in [6, 6.07) is 0. The molecule has 0 aliphatic heterocycles. The van der Waals surface area contributed by atoms with Crippen molar-refractivity contribution in [2.45, 2.75) is 13.1 Å². The molecule has 0 fully saturated rings. The number of hydrogen-bond donors (Lipinski definition) is 0. The second-order valence-electron chi connectivity index (χ2n) is 3.26. The van der Waals surface area contributed by atoms with Crippen molar-refractivity contribution in [2.24, 2.45) is 7.05 Å². The molecular formula is C10H10ClF3N2O2. The highest BCUT2D eigenvalue weighted by molar-refractivity contribution is 6.31. The van der Waals surface area contributed by atoms with Crippen LogP contribution >= 0.6 is 11.6 Å². The number of nitrogens with zero attached hydrogens (tertiary/aromatic N) is 2. The minimum atomic E-state index is -4.64. The molecule has 0 spiro atoms. The minimum absolute atomic E-state index is 0.135. The summed E-state index contributed by atoms with van der Waals surface area (Å²) in [5, 5.41) is 3.06. The largest absolute Gasteiger partial charge is 0.463 e. The van der Waals surface area contributed by atoms with Crippen LogP contribution in [-0.2, 0) is 22.8 Å². The van der Waals surface area contributed by atoms with Crippen molar-refractivity contribution in [1.29, 1.82) is 0 Å². The molecule has 100 valence electrons. The van der Waals surface area contributed by atoms with Crippen molar-refractivity contribution >= 4 is 23.6 Å². The van der Waals surface area contributed by atoms with Gasteiger partial charge >= 0.3 is 12.1 Å². The van der Waals surface area contributed by atoms with Crippen LogP contribution in [0, 0.1) is 0 Å². The fraction of sp³-hybridized carbons (Fsp3) is 0.400. The van der Waals surface area contributed by atoms with Gasteiger partial charge in [0.2, 0.25) is 0 Å². The van der Waals surface area contributed by atoms with Gasteiger partial charge in [0.1, 0.15) is 5.15 Å². The molecule has 0 bridgehead atoms. The van der Waals surface area contributed by atoms with Gasteiger partial charge in [-0.05, 0) is 13.0 Å². The number of halogens is 4. The first kappa shape index (κ1) is 14.6. The third-order valence-electron chi connectivity index (χ3n) is 1.95. The molecule has 0 radical (unpaired) electrons. The molecule has 1 aromatic heterocycles. The molecule has 0 aliphatic rings. The molecule has 4 nitrogen and oxygen atoms in total. The van der Waals surface area contributed by atoms with E-state index in [1.54, 1.807) is 6.92 Å². The fourth-order valence-corrected chi connectivity index (χ4v) is 1.41. The summed E-state index contributed by atoms with van der Waals surface area (Å²) < 4.78 is 43.3. The summed E-state index contributed by atoms with van der Waals surface area (Å²) in [6.45, 7) is 1.72.